The number of carbonyl (C=O) groups is 2. The Balaban J connectivity index is 1.65. The van der Waals surface area contributed by atoms with Crippen LogP contribution in [0.3, 0.4) is 0 Å². The summed E-state index contributed by atoms with van der Waals surface area (Å²) >= 11 is 0. The lowest BCUT2D eigenvalue weighted by Gasteiger charge is -2.42. The summed E-state index contributed by atoms with van der Waals surface area (Å²) in [5.41, 5.74) is 2.47. The minimum Gasteiger partial charge on any atom is -0.493 e. The first-order valence-corrected chi connectivity index (χ1v) is 10.8. The summed E-state index contributed by atoms with van der Waals surface area (Å²) in [7, 11) is 5.48. The fraction of sp³-hybridized carbons (Fsp3) is 0.609. The van der Waals surface area contributed by atoms with Crippen LogP contribution in [0.2, 0.25) is 0 Å². The molecule has 0 aromatic heterocycles. The molecule has 8 heteroatoms. The highest BCUT2D eigenvalue weighted by molar-refractivity contribution is 5.87. The maximum Gasteiger partial charge on any atom is 0.303 e. The molecule has 2 atom stereocenters. The average Bonchev–Trinajstić information content (AvgIpc) is 3.10. The molecule has 1 amide bonds. The van der Waals surface area contributed by atoms with Gasteiger partial charge in [0.1, 0.15) is 6.67 Å². The smallest absolute Gasteiger partial charge is 0.303 e. The average molecular weight is 432 g/mol. The van der Waals surface area contributed by atoms with E-state index in [1.54, 1.807) is 14.2 Å². The monoisotopic (exact) mass is 431 g/mol. The summed E-state index contributed by atoms with van der Waals surface area (Å²) in [4.78, 5) is 29.4. The number of benzene rings is 1. The molecule has 2 aliphatic rings. The topological polar surface area (TPSA) is 100 Å². The molecule has 1 heterocycles. The molecule has 2 N–H and O–H groups in total. The highest BCUT2D eigenvalue weighted by atomic mass is 16.5. The zero-order valence-electron chi connectivity index (χ0n) is 18.6. The number of rotatable bonds is 9. The van der Waals surface area contributed by atoms with Gasteiger partial charge in [0.25, 0.3) is 0 Å². The van der Waals surface area contributed by atoms with Crippen molar-refractivity contribution in [2.45, 2.75) is 56.4 Å². The number of ether oxygens (including phenoxy) is 2. The van der Waals surface area contributed by atoms with Gasteiger partial charge in [0.05, 0.1) is 14.2 Å². The van der Waals surface area contributed by atoms with E-state index >= 15 is 0 Å². The van der Waals surface area contributed by atoms with Crippen LogP contribution < -0.4 is 14.8 Å². The summed E-state index contributed by atoms with van der Waals surface area (Å²) in [5.74, 6) is 0.462. The largest absolute Gasteiger partial charge is 0.493 e. The zero-order valence-corrected chi connectivity index (χ0v) is 18.6. The number of hydrogen-bond donors (Lipinski definition) is 2. The van der Waals surface area contributed by atoms with Crippen molar-refractivity contribution in [3.8, 4) is 11.5 Å². The van der Waals surface area contributed by atoms with Crippen LogP contribution in [0.15, 0.2) is 23.2 Å². The number of nitrogens with one attached hydrogen (secondary N) is 1. The SMILES string of the molecule is COc1ccc(C23CC/C(=N/CNC(=O)CCCC(=O)O)CC2N(C)CC3)cc1OC. The number of carboxylic acids is 1. The lowest BCUT2D eigenvalue weighted by atomic mass is 9.65. The molecule has 2 unspecified atom stereocenters. The number of carboxylic acid groups (broad SMARTS) is 1. The van der Waals surface area contributed by atoms with Gasteiger partial charge in [0.15, 0.2) is 11.5 Å². The third-order valence-corrected chi connectivity index (χ3v) is 6.70. The number of aliphatic carboxylic acids is 1. The molecule has 1 aliphatic carbocycles. The van der Waals surface area contributed by atoms with Gasteiger partial charge >= 0.3 is 5.97 Å². The molecule has 1 saturated carbocycles. The molecule has 2 fully saturated rings. The van der Waals surface area contributed by atoms with Crippen LogP contribution in [0.4, 0.5) is 0 Å². The summed E-state index contributed by atoms with van der Waals surface area (Å²) in [6, 6.07) is 6.61. The van der Waals surface area contributed by atoms with E-state index in [0.717, 1.165) is 49.4 Å². The number of amides is 1. The molecular formula is C23H33N3O5. The third-order valence-electron chi connectivity index (χ3n) is 6.70. The van der Waals surface area contributed by atoms with E-state index in [4.69, 9.17) is 14.6 Å². The number of likely N-dealkylation sites (tertiary alicyclic amines) is 1. The number of nitrogens with zero attached hydrogens (tertiary/aromatic N) is 2. The summed E-state index contributed by atoms with van der Waals surface area (Å²) in [5, 5.41) is 11.4. The standard InChI is InChI=1S/C23H33N3O5/c1-26-12-11-23(16-7-8-18(30-2)19(13-16)31-3)10-9-17(14-20(23)26)24-15-25-21(27)5-4-6-22(28)29/h7-8,13,20H,4-6,9-12,14-15H2,1-3H3,(H,25,27)(H,28,29)/b24-17-. The lowest BCUT2D eigenvalue weighted by Crippen LogP contribution is -2.46. The number of methoxy groups -OCH3 is 2. The van der Waals surface area contributed by atoms with Crippen LogP contribution in [0.5, 0.6) is 11.5 Å². The van der Waals surface area contributed by atoms with Crippen molar-refractivity contribution in [3.63, 3.8) is 0 Å². The second-order valence-corrected chi connectivity index (χ2v) is 8.41. The van der Waals surface area contributed by atoms with Gasteiger partial charge in [-0.25, -0.2) is 0 Å². The Morgan fingerprint density at radius 2 is 2.00 bits per heavy atom. The van der Waals surface area contributed by atoms with Crippen LogP contribution in [-0.4, -0.2) is 68.1 Å². The summed E-state index contributed by atoms with van der Waals surface area (Å²) in [6.07, 6.45) is 4.44. The number of fused-ring (bicyclic) bond motifs is 1. The van der Waals surface area contributed by atoms with Crippen LogP contribution in [0.25, 0.3) is 0 Å². The quantitative estimate of drug-likeness (QED) is 0.623. The van der Waals surface area contributed by atoms with Gasteiger partial charge in [-0.15, -0.1) is 0 Å². The van der Waals surface area contributed by atoms with Gasteiger partial charge < -0.3 is 24.8 Å². The van der Waals surface area contributed by atoms with Crippen molar-refractivity contribution in [3.05, 3.63) is 23.8 Å². The van der Waals surface area contributed by atoms with Crippen molar-refractivity contribution >= 4 is 17.6 Å². The molecule has 1 saturated heterocycles. The van der Waals surface area contributed by atoms with E-state index in [1.165, 1.54) is 5.56 Å². The highest BCUT2D eigenvalue weighted by Gasteiger charge is 2.49. The Morgan fingerprint density at radius 3 is 2.71 bits per heavy atom. The van der Waals surface area contributed by atoms with Gasteiger partial charge in [-0.05, 0) is 57.0 Å². The second kappa shape index (κ2) is 10.1. The lowest BCUT2D eigenvalue weighted by molar-refractivity contribution is -0.137. The van der Waals surface area contributed by atoms with Gasteiger partial charge in [0.2, 0.25) is 5.91 Å². The van der Waals surface area contributed by atoms with E-state index in [1.807, 2.05) is 6.07 Å². The van der Waals surface area contributed by atoms with Crippen molar-refractivity contribution in [2.24, 2.45) is 4.99 Å². The maximum absolute atomic E-state index is 11.8. The van der Waals surface area contributed by atoms with E-state index < -0.39 is 5.97 Å². The molecule has 1 aromatic carbocycles. The Kier molecular flexibility index (Phi) is 7.54. The zero-order chi connectivity index (χ0) is 22.4. The molecule has 170 valence electrons. The molecule has 1 aliphatic heterocycles. The molecular weight excluding hydrogens is 398 g/mol. The van der Waals surface area contributed by atoms with Crippen LogP contribution in [-0.2, 0) is 15.0 Å². The van der Waals surface area contributed by atoms with Gasteiger partial charge in [-0.1, -0.05) is 6.07 Å². The molecule has 31 heavy (non-hydrogen) atoms. The van der Waals surface area contributed by atoms with Crippen LogP contribution in [0.1, 0.15) is 50.5 Å². The van der Waals surface area contributed by atoms with Crippen molar-refractivity contribution < 1.29 is 24.2 Å². The minimum atomic E-state index is -0.881. The minimum absolute atomic E-state index is 0.00812. The van der Waals surface area contributed by atoms with E-state index in [2.05, 4.69) is 34.4 Å². The van der Waals surface area contributed by atoms with Gasteiger partial charge in [-0.3, -0.25) is 14.6 Å². The van der Waals surface area contributed by atoms with E-state index in [9.17, 15) is 9.59 Å². The number of hydrogen-bond acceptors (Lipinski definition) is 6. The predicted molar refractivity (Wildman–Crippen MR) is 118 cm³/mol. The van der Waals surface area contributed by atoms with Crippen molar-refractivity contribution in [1.29, 1.82) is 0 Å². The first kappa shape index (κ1) is 23.1. The van der Waals surface area contributed by atoms with Gasteiger partial charge in [-0.2, -0.15) is 0 Å². The van der Waals surface area contributed by atoms with E-state index in [-0.39, 0.29) is 30.8 Å². The maximum atomic E-state index is 11.8. The van der Waals surface area contributed by atoms with Crippen LogP contribution in [0, 0.1) is 0 Å². The van der Waals surface area contributed by atoms with Crippen molar-refractivity contribution in [2.75, 3.05) is 34.5 Å². The predicted octanol–water partition coefficient (Wildman–Crippen LogP) is 2.60. The Labute approximate surface area is 183 Å². The highest BCUT2D eigenvalue weighted by Crippen LogP contribution is 2.49. The molecule has 8 nitrogen and oxygen atoms in total. The molecule has 0 bridgehead atoms. The molecule has 0 spiro atoms. The number of carbonyl (C=O) groups excluding carboxylic acids is 1. The van der Waals surface area contributed by atoms with Gasteiger partial charge in [0, 0.05) is 36.4 Å². The Bertz CT molecular complexity index is 841. The third kappa shape index (κ3) is 5.18. The second-order valence-electron chi connectivity index (χ2n) is 8.41. The number of aliphatic imine (C=N–C) groups is 1. The fourth-order valence-corrected chi connectivity index (χ4v) is 4.95. The van der Waals surface area contributed by atoms with Crippen molar-refractivity contribution in [1.82, 2.24) is 10.2 Å². The normalized spacial score (nSPS) is 24.6. The molecule has 3 rings (SSSR count). The van der Waals surface area contributed by atoms with E-state index in [0.29, 0.717) is 12.5 Å². The molecule has 1 aromatic rings. The molecule has 0 radical (unpaired) electrons. The summed E-state index contributed by atoms with van der Waals surface area (Å²) in [6.45, 7) is 1.29. The Hall–Kier alpha value is -2.61. The first-order chi connectivity index (χ1) is 14.9. The van der Waals surface area contributed by atoms with Crippen LogP contribution >= 0.6 is 0 Å². The fourth-order valence-electron chi connectivity index (χ4n) is 4.95. The number of likely N-dealkylation sites (N-methyl/N-ethyl adjacent to an activating group) is 1. The Morgan fingerprint density at radius 1 is 1.23 bits per heavy atom. The summed E-state index contributed by atoms with van der Waals surface area (Å²) < 4.78 is 10.9. The first-order valence-electron chi connectivity index (χ1n) is 10.8.